The summed E-state index contributed by atoms with van der Waals surface area (Å²) in [6.45, 7) is 0.164. The first-order valence-electron chi connectivity index (χ1n) is 6.34. The lowest BCUT2D eigenvalue weighted by molar-refractivity contribution is -0.144. The number of halogens is 3. The fourth-order valence-corrected chi connectivity index (χ4v) is 1.57. The molecule has 0 radical (unpaired) electrons. The molecule has 7 nitrogen and oxygen atoms in total. The number of rotatable bonds is 6. The summed E-state index contributed by atoms with van der Waals surface area (Å²) in [5.41, 5.74) is 2.04. The number of carbonyl (C=O) groups is 1. The summed E-state index contributed by atoms with van der Waals surface area (Å²) in [6, 6.07) is 1.48. The van der Waals surface area contributed by atoms with E-state index >= 15 is 0 Å². The average molecular weight is 304 g/mol. The SMILES string of the molecule is NNc1cc(NCCC(=O)NC2CC2)nc(C(F)(F)F)n1. The minimum Gasteiger partial charge on any atom is -0.369 e. The van der Waals surface area contributed by atoms with Gasteiger partial charge in [-0.3, -0.25) is 4.79 Å². The highest BCUT2D eigenvalue weighted by atomic mass is 19.4. The Morgan fingerprint density at radius 1 is 1.33 bits per heavy atom. The normalized spacial score (nSPS) is 14.7. The zero-order valence-electron chi connectivity index (χ0n) is 11.0. The van der Waals surface area contributed by atoms with Gasteiger partial charge in [0.25, 0.3) is 0 Å². The largest absolute Gasteiger partial charge is 0.451 e. The van der Waals surface area contributed by atoms with Crippen molar-refractivity contribution >= 4 is 17.5 Å². The van der Waals surface area contributed by atoms with Gasteiger partial charge in [0.1, 0.15) is 11.6 Å². The van der Waals surface area contributed by atoms with Gasteiger partial charge in [0.2, 0.25) is 11.7 Å². The number of aromatic nitrogens is 2. The van der Waals surface area contributed by atoms with Crippen LogP contribution < -0.4 is 21.9 Å². The van der Waals surface area contributed by atoms with Gasteiger partial charge in [-0.25, -0.2) is 15.8 Å². The monoisotopic (exact) mass is 304 g/mol. The Morgan fingerprint density at radius 3 is 2.57 bits per heavy atom. The van der Waals surface area contributed by atoms with Crippen LogP contribution in [0.5, 0.6) is 0 Å². The van der Waals surface area contributed by atoms with Gasteiger partial charge in [0.05, 0.1) is 0 Å². The molecule has 0 unspecified atom stereocenters. The maximum Gasteiger partial charge on any atom is 0.451 e. The molecule has 0 spiro atoms. The molecule has 1 aliphatic rings. The molecule has 1 fully saturated rings. The molecular formula is C11H15F3N6O. The fraction of sp³-hybridized carbons (Fsp3) is 0.545. The van der Waals surface area contributed by atoms with Crippen LogP contribution in [-0.2, 0) is 11.0 Å². The number of hydrogen-bond donors (Lipinski definition) is 4. The van der Waals surface area contributed by atoms with Crippen LogP contribution in [0.15, 0.2) is 6.07 Å². The molecule has 0 bridgehead atoms. The third-order valence-corrected chi connectivity index (χ3v) is 2.73. The van der Waals surface area contributed by atoms with Crippen molar-refractivity contribution in [3.05, 3.63) is 11.9 Å². The summed E-state index contributed by atoms with van der Waals surface area (Å²) in [5.74, 6) is 3.41. The van der Waals surface area contributed by atoms with Gasteiger partial charge >= 0.3 is 6.18 Å². The Bertz CT molecular complexity index is 517. The topological polar surface area (TPSA) is 105 Å². The van der Waals surface area contributed by atoms with Crippen molar-refractivity contribution in [1.29, 1.82) is 0 Å². The smallest absolute Gasteiger partial charge is 0.369 e. The molecule has 1 aromatic heterocycles. The molecular weight excluding hydrogens is 289 g/mol. The Kier molecular flexibility index (Phi) is 4.46. The molecule has 116 valence electrons. The van der Waals surface area contributed by atoms with Crippen LogP contribution in [0.1, 0.15) is 25.1 Å². The van der Waals surface area contributed by atoms with E-state index in [9.17, 15) is 18.0 Å². The third-order valence-electron chi connectivity index (χ3n) is 2.73. The van der Waals surface area contributed by atoms with Gasteiger partial charge in [-0.2, -0.15) is 13.2 Å². The molecule has 1 saturated carbocycles. The minimum atomic E-state index is -4.67. The van der Waals surface area contributed by atoms with E-state index in [1.807, 2.05) is 5.43 Å². The minimum absolute atomic E-state index is 0.0514. The fourth-order valence-electron chi connectivity index (χ4n) is 1.57. The second-order valence-corrected chi connectivity index (χ2v) is 4.62. The van der Waals surface area contributed by atoms with Crippen LogP contribution in [0.2, 0.25) is 0 Å². The summed E-state index contributed by atoms with van der Waals surface area (Å²) in [4.78, 5) is 18.0. The van der Waals surface area contributed by atoms with Crippen LogP contribution in [0.4, 0.5) is 24.8 Å². The number of hydrazine groups is 1. The van der Waals surface area contributed by atoms with Crippen molar-refractivity contribution in [2.24, 2.45) is 5.84 Å². The van der Waals surface area contributed by atoms with E-state index in [0.717, 1.165) is 12.8 Å². The van der Waals surface area contributed by atoms with Crippen molar-refractivity contribution < 1.29 is 18.0 Å². The van der Waals surface area contributed by atoms with Crippen LogP contribution in [0.3, 0.4) is 0 Å². The predicted molar refractivity (Wildman–Crippen MR) is 69.1 cm³/mol. The zero-order valence-corrected chi connectivity index (χ0v) is 11.0. The van der Waals surface area contributed by atoms with E-state index in [1.54, 1.807) is 0 Å². The Labute approximate surface area is 118 Å². The van der Waals surface area contributed by atoms with Crippen LogP contribution in [0.25, 0.3) is 0 Å². The van der Waals surface area contributed by atoms with Crippen LogP contribution >= 0.6 is 0 Å². The Hall–Kier alpha value is -2.10. The van der Waals surface area contributed by atoms with E-state index in [1.165, 1.54) is 6.07 Å². The predicted octanol–water partition coefficient (Wildman–Crippen LogP) is 0.862. The molecule has 0 aromatic carbocycles. The number of hydrogen-bond acceptors (Lipinski definition) is 6. The van der Waals surface area contributed by atoms with E-state index in [2.05, 4.69) is 20.6 Å². The van der Waals surface area contributed by atoms with E-state index < -0.39 is 12.0 Å². The quantitative estimate of drug-likeness (QED) is 0.459. The van der Waals surface area contributed by atoms with Gasteiger partial charge in [0, 0.05) is 25.1 Å². The number of nitrogen functional groups attached to an aromatic ring is 1. The Balaban J connectivity index is 1.93. The number of carbonyl (C=O) groups excluding carboxylic acids is 1. The summed E-state index contributed by atoms with van der Waals surface area (Å²) < 4.78 is 37.8. The van der Waals surface area contributed by atoms with Gasteiger partial charge in [-0.15, -0.1) is 0 Å². The first-order valence-corrected chi connectivity index (χ1v) is 6.34. The first kappa shape index (κ1) is 15.3. The number of nitrogens with two attached hydrogens (primary N) is 1. The summed E-state index contributed by atoms with van der Waals surface area (Å²) in [5, 5.41) is 5.42. The maximum absolute atomic E-state index is 12.6. The highest BCUT2D eigenvalue weighted by Gasteiger charge is 2.35. The lowest BCUT2D eigenvalue weighted by Gasteiger charge is -2.11. The molecule has 1 aromatic rings. The highest BCUT2D eigenvalue weighted by molar-refractivity contribution is 5.77. The molecule has 1 heterocycles. The summed E-state index contributed by atoms with van der Waals surface area (Å²) in [6.07, 6.45) is -2.57. The van der Waals surface area contributed by atoms with Crippen molar-refractivity contribution in [1.82, 2.24) is 15.3 Å². The average Bonchev–Trinajstić information content (AvgIpc) is 3.21. The number of anilines is 2. The number of nitrogens with zero attached hydrogens (tertiary/aromatic N) is 2. The number of nitrogens with one attached hydrogen (secondary N) is 3. The summed E-state index contributed by atoms with van der Waals surface area (Å²) in [7, 11) is 0. The molecule has 0 aliphatic heterocycles. The molecule has 2 rings (SSSR count). The highest BCUT2D eigenvalue weighted by Crippen LogP contribution is 2.28. The molecule has 0 atom stereocenters. The maximum atomic E-state index is 12.6. The van der Waals surface area contributed by atoms with Crippen LogP contribution in [0, 0.1) is 0 Å². The van der Waals surface area contributed by atoms with Crippen LogP contribution in [-0.4, -0.2) is 28.5 Å². The molecule has 1 amide bonds. The second-order valence-electron chi connectivity index (χ2n) is 4.62. The van der Waals surface area contributed by atoms with Crippen molar-refractivity contribution in [3.63, 3.8) is 0 Å². The molecule has 1 aliphatic carbocycles. The lowest BCUT2D eigenvalue weighted by Crippen LogP contribution is -2.27. The van der Waals surface area contributed by atoms with E-state index in [4.69, 9.17) is 5.84 Å². The molecule has 10 heteroatoms. The van der Waals surface area contributed by atoms with Crippen molar-refractivity contribution in [3.8, 4) is 0 Å². The second kappa shape index (κ2) is 6.12. The first-order chi connectivity index (χ1) is 9.88. The van der Waals surface area contributed by atoms with Crippen molar-refractivity contribution in [2.45, 2.75) is 31.5 Å². The number of alkyl halides is 3. The standard InChI is InChI=1S/C11H15F3N6O/c12-11(13,14)10-18-7(5-8(19-10)20-15)16-4-3-9(21)17-6-1-2-6/h5-6H,1-4,15H2,(H,17,21)(H2,16,18,19,20). The Morgan fingerprint density at radius 2 is 2.00 bits per heavy atom. The van der Waals surface area contributed by atoms with Gasteiger partial charge in [0.15, 0.2) is 0 Å². The van der Waals surface area contributed by atoms with E-state index in [0.29, 0.717) is 0 Å². The van der Waals surface area contributed by atoms with Gasteiger partial charge < -0.3 is 16.1 Å². The van der Waals surface area contributed by atoms with Crippen molar-refractivity contribution in [2.75, 3.05) is 17.3 Å². The third kappa shape index (κ3) is 4.74. The zero-order chi connectivity index (χ0) is 15.5. The van der Waals surface area contributed by atoms with Gasteiger partial charge in [-0.05, 0) is 12.8 Å². The number of amides is 1. The molecule has 21 heavy (non-hydrogen) atoms. The lowest BCUT2D eigenvalue weighted by atomic mass is 10.3. The van der Waals surface area contributed by atoms with E-state index in [-0.39, 0.29) is 36.6 Å². The molecule has 0 saturated heterocycles. The summed E-state index contributed by atoms with van der Waals surface area (Å²) >= 11 is 0. The molecule has 5 N–H and O–H groups in total. The van der Waals surface area contributed by atoms with Gasteiger partial charge in [-0.1, -0.05) is 0 Å².